The molecular weight excluding hydrogens is 388 g/mol. The average molecular weight is 417 g/mol. The molecule has 0 spiro atoms. The Hall–Kier alpha value is -2.67. The van der Waals surface area contributed by atoms with Gasteiger partial charge in [0.1, 0.15) is 0 Å². The minimum atomic E-state index is -0.115. The number of nitrogens with zero attached hydrogens (tertiary/aromatic N) is 1. The number of hydrogen-bond acceptors (Lipinski definition) is 5. The van der Waals surface area contributed by atoms with Crippen molar-refractivity contribution in [2.24, 2.45) is 0 Å². The molecule has 0 aliphatic heterocycles. The van der Waals surface area contributed by atoms with E-state index >= 15 is 0 Å². The largest absolute Gasteiger partial charge is 0.493 e. The lowest BCUT2D eigenvalue weighted by Gasteiger charge is -2.21. The molecule has 0 aromatic heterocycles. The first-order chi connectivity index (χ1) is 14.0. The van der Waals surface area contributed by atoms with Crippen LogP contribution in [0.2, 0.25) is 0 Å². The van der Waals surface area contributed by atoms with Crippen molar-refractivity contribution < 1.29 is 19.1 Å². The Bertz CT molecular complexity index is 841. The molecule has 0 saturated heterocycles. The van der Waals surface area contributed by atoms with Gasteiger partial charge >= 0.3 is 0 Å². The van der Waals surface area contributed by atoms with Crippen molar-refractivity contribution in [1.82, 2.24) is 4.90 Å². The fourth-order valence-corrected chi connectivity index (χ4v) is 3.53. The van der Waals surface area contributed by atoms with Crippen molar-refractivity contribution in [3.05, 3.63) is 53.6 Å². The molecule has 0 fully saturated rings. The van der Waals surface area contributed by atoms with E-state index in [2.05, 4.69) is 5.32 Å². The molecule has 0 radical (unpaired) electrons. The van der Waals surface area contributed by atoms with E-state index in [0.29, 0.717) is 24.6 Å². The minimum absolute atomic E-state index is 0.00404. The highest BCUT2D eigenvalue weighted by Gasteiger charge is 2.15. The van der Waals surface area contributed by atoms with E-state index in [1.165, 1.54) is 11.8 Å². The number of thioether (sulfide) groups is 1. The summed E-state index contributed by atoms with van der Waals surface area (Å²) < 4.78 is 10.6. The second kappa shape index (κ2) is 11.4. The SMILES string of the molecule is CCN(Cc1ccc(OC)c(OC)c1)C(=O)CSCC(=O)Nc1cccc(C)c1. The molecular formula is C22H28N2O4S. The number of aryl methyl sites for hydroxylation is 1. The van der Waals surface area contributed by atoms with Gasteiger partial charge in [-0.15, -0.1) is 11.8 Å². The van der Waals surface area contributed by atoms with E-state index in [-0.39, 0.29) is 23.3 Å². The Labute approximate surface area is 176 Å². The molecule has 0 bridgehead atoms. The zero-order chi connectivity index (χ0) is 21.2. The highest BCUT2D eigenvalue weighted by Crippen LogP contribution is 2.28. The maximum Gasteiger partial charge on any atom is 0.234 e. The van der Waals surface area contributed by atoms with E-state index in [1.807, 2.05) is 56.3 Å². The van der Waals surface area contributed by atoms with Crippen molar-refractivity contribution in [2.45, 2.75) is 20.4 Å². The molecule has 156 valence electrons. The summed E-state index contributed by atoms with van der Waals surface area (Å²) >= 11 is 1.31. The average Bonchev–Trinajstić information content (AvgIpc) is 2.71. The van der Waals surface area contributed by atoms with Crippen LogP contribution in [0.3, 0.4) is 0 Å². The normalized spacial score (nSPS) is 10.3. The molecule has 29 heavy (non-hydrogen) atoms. The van der Waals surface area contributed by atoms with Gasteiger partial charge in [-0.25, -0.2) is 0 Å². The number of nitrogens with one attached hydrogen (secondary N) is 1. The summed E-state index contributed by atoms with van der Waals surface area (Å²) in [6.07, 6.45) is 0. The van der Waals surface area contributed by atoms with Gasteiger partial charge in [0.2, 0.25) is 11.8 Å². The van der Waals surface area contributed by atoms with E-state index in [1.54, 1.807) is 19.1 Å². The van der Waals surface area contributed by atoms with Gasteiger partial charge in [0.05, 0.1) is 25.7 Å². The number of carbonyl (C=O) groups excluding carboxylic acids is 2. The van der Waals surface area contributed by atoms with Crippen LogP contribution < -0.4 is 14.8 Å². The van der Waals surface area contributed by atoms with Gasteiger partial charge in [0.25, 0.3) is 0 Å². The first-order valence-corrected chi connectivity index (χ1v) is 10.5. The van der Waals surface area contributed by atoms with Crippen molar-refractivity contribution in [3.63, 3.8) is 0 Å². The van der Waals surface area contributed by atoms with E-state index in [0.717, 1.165) is 16.8 Å². The van der Waals surface area contributed by atoms with E-state index in [9.17, 15) is 9.59 Å². The summed E-state index contributed by atoms with van der Waals surface area (Å²) in [5.41, 5.74) is 2.81. The van der Waals surface area contributed by atoms with Crippen molar-refractivity contribution >= 4 is 29.3 Å². The van der Waals surface area contributed by atoms with Gasteiger partial charge in [0, 0.05) is 18.8 Å². The predicted molar refractivity (Wildman–Crippen MR) is 118 cm³/mol. The standard InChI is InChI=1S/C22H28N2O4S/c1-5-24(13-17-9-10-19(27-3)20(12-17)28-4)22(26)15-29-14-21(25)23-18-8-6-7-16(2)11-18/h6-12H,5,13-15H2,1-4H3,(H,23,25). The van der Waals surface area contributed by atoms with Crippen LogP contribution in [0, 0.1) is 6.92 Å². The molecule has 2 aromatic rings. The predicted octanol–water partition coefficient (Wildman–Crippen LogP) is 3.73. The number of hydrogen-bond donors (Lipinski definition) is 1. The second-order valence-electron chi connectivity index (χ2n) is 6.51. The highest BCUT2D eigenvalue weighted by molar-refractivity contribution is 8.00. The van der Waals surface area contributed by atoms with Crippen LogP contribution in [0.25, 0.3) is 0 Å². The molecule has 2 aromatic carbocycles. The third-order valence-corrected chi connectivity index (χ3v) is 5.23. The molecule has 1 N–H and O–H groups in total. The Morgan fingerprint density at radius 2 is 1.79 bits per heavy atom. The molecule has 0 unspecified atom stereocenters. The van der Waals surface area contributed by atoms with Gasteiger partial charge in [-0.1, -0.05) is 18.2 Å². The highest BCUT2D eigenvalue weighted by atomic mass is 32.2. The Morgan fingerprint density at radius 1 is 1.03 bits per heavy atom. The van der Waals surface area contributed by atoms with Gasteiger partial charge < -0.3 is 19.7 Å². The minimum Gasteiger partial charge on any atom is -0.493 e. The number of amides is 2. The fourth-order valence-electron chi connectivity index (χ4n) is 2.82. The zero-order valence-electron chi connectivity index (χ0n) is 17.4. The zero-order valence-corrected chi connectivity index (χ0v) is 18.2. The Kier molecular flexibility index (Phi) is 8.86. The van der Waals surface area contributed by atoms with E-state index < -0.39 is 0 Å². The molecule has 2 rings (SSSR count). The lowest BCUT2D eigenvalue weighted by molar-refractivity contribution is -0.128. The van der Waals surface area contributed by atoms with Crippen LogP contribution in [0.1, 0.15) is 18.1 Å². The maximum absolute atomic E-state index is 12.6. The quantitative estimate of drug-likeness (QED) is 0.639. The second-order valence-corrected chi connectivity index (χ2v) is 7.49. The molecule has 0 aliphatic rings. The molecule has 6 nitrogen and oxygen atoms in total. The van der Waals surface area contributed by atoms with Crippen LogP contribution in [0.15, 0.2) is 42.5 Å². The summed E-state index contributed by atoms with van der Waals surface area (Å²) in [4.78, 5) is 26.4. The molecule has 0 saturated carbocycles. The smallest absolute Gasteiger partial charge is 0.234 e. The Balaban J connectivity index is 1.84. The number of methoxy groups -OCH3 is 2. The molecule has 0 heterocycles. The maximum atomic E-state index is 12.6. The van der Waals surface area contributed by atoms with Crippen LogP contribution in [0.5, 0.6) is 11.5 Å². The summed E-state index contributed by atoms with van der Waals surface area (Å²) in [6.45, 7) is 4.98. The lowest BCUT2D eigenvalue weighted by atomic mass is 10.2. The monoisotopic (exact) mass is 416 g/mol. The number of carbonyl (C=O) groups is 2. The lowest BCUT2D eigenvalue weighted by Crippen LogP contribution is -2.32. The van der Waals surface area contributed by atoms with Crippen LogP contribution >= 0.6 is 11.8 Å². The van der Waals surface area contributed by atoms with Gasteiger partial charge in [-0.05, 0) is 49.2 Å². The third-order valence-electron chi connectivity index (χ3n) is 4.32. The van der Waals surface area contributed by atoms with Gasteiger partial charge in [-0.2, -0.15) is 0 Å². The molecule has 7 heteroatoms. The van der Waals surface area contributed by atoms with Gasteiger partial charge in [0.15, 0.2) is 11.5 Å². The fraction of sp³-hybridized carbons (Fsp3) is 0.364. The van der Waals surface area contributed by atoms with Crippen LogP contribution in [-0.2, 0) is 16.1 Å². The van der Waals surface area contributed by atoms with Crippen LogP contribution in [-0.4, -0.2) is 49.0 Å². The summed E-state index contributed by atoms with van der Waals surface area (Å²) in [7, 11) is 3.18. The number of benzene rings is 2. The van der Waals surface area contributed by atoms with Crippen molar-refractivity contribution in [3.8, 4) is 11.5 Å². The van der Waals surface area contributed by atoms with Crippen molar-refractivity contribution in [2.75, 3.05) is 37.6 Å². The number of ether oxygens (including phenoxy) is 2. The van der Waals surface area contributed by atoms with E-state index in [4.69, 9.17) is 9.47 Å². The summed E-state index contributed by atoms with van der Waals surface area (Å²) in [5.74, 6) is 1.65. The molecule has 0 atom stereocenters. The molecule has 0 aliphatic carbocycles. The summed E-state index contributed by atoms with van der Waals surface area (Å²) in [6, 6.07) is 13.3. The number of rotatable bonds is 10. The summed E-state index contributed by atoms with van der Waals surface area (Å²) in [5, 5.41) is 2.85. The number of anilines is 1. The van der Waals surface area contributed by atoms with Crippen molar-refractivity contribution in [1.29, 1.82) is 0 Å². The third kappa shape index (κ3) is 7.02. The first-order valence-electron chi connectivity index (χ1n) is 9.39. The Morgan fingerprint density at radius 3 is 2.45 bits per heavy atom. The van der Waals surface area contributed by atoms with Gasteiger partial charge in [-0.3, -0.25) is 9.59 Å². The van der Waals surface area contributed by atoms with Crippen LogP contribution in [0.4, 0.5) is 5.69 Å². The topological polar surface area (TPSA) is 67.9 Å². The first kappa shape index (κ1) is 22.6. The molecule has 2 amide bonds.